The first kappa shape index (κ1) is 9.87. The molecule has 0 unspecified atom stereocenters. The molecule has 2 aromatic rings. The monoisotopic (exact) mass is 220 g/mol. The standard InChI is InChI=1S/C12H9ClO2/c13-11-5-4-9(7-12(11)15)8-2-1-3-10(14)6-8/h1-7,14-15H. The van der Waals surface area contributed by atoms with Crippen molar-refractivity contribution < 1.29 is 10.2 Å². The van der Waals surface area contributed by atoms with Gasteiger partial charge in [-0.1, -0.05) is 29.8 Å². The zero-order chi connectivity index (χ0) is 10.8. The van der Waals surface area contributed by atoms with Crippen LogP contribution in [0.3, 0.4) is 0 Å². The van der Waals surface area contributed by atoms with Gasteiger partial charge in [-0.3, -0.25) is 0 Å². The number of hydrogen-bond acceptors (Lipinski definition) is 2. The van der Waals surface area contributed by atoms with Crippen molar-refractivity contribution in [1.82, 2.24) is 0 Å². The molecule has 0 saturated heterocycles. The van der Waals surface area contributed by atoms with Gasteiger partial charge in [-0.2, -0.15) is 0 Å². The van der Waals surface area contributed by atoms with Gasteiger partial charge in [-0.25, -0.2) is 0 Å². The van der Waals surface area contributed by atoms with Crippen molar-refractivity contribution in [2.24, 2.45) is 0 Å². The second-order valence-electron chi connectivity index (χ2n) is 3.22. The van der Waals surface area contributed by atoms with Crippen molar-refractivity contribution >= 4 is 11.6 Å². The molecule has 15 heavy (non-hydrogen) atoms. The lowest BCUT2D eigenvalue weighted by atomic mass is 10.1. The lowest BCUT2D eigenvalue weighted by Gasteiger charge is -2.03. The molecule has 2 rings (SSSR count). The van der Waals surface area contributed by atoms with Gasteiger partial charge in [0.05, 0.1) is 5.02 Å². The van der Waals surface area contributed by atoms with E-state index in [4.69, 9.17) is 11.6 Å². The Hall–Kier alpha value is -1.67. The van der Waals surface area contributed by atoms with Crippen molar-refractivity contribution in [3.8, 4) is 22.6 Å². The molecular weight excluding hydrogens is 212 g/mol. The van der Waals surface area contributed by atoms with E-state index in [0.717, 1.165) is 11.1 Å². The molecule has 76 valence electrons. The second kappa shape index (κ2) is 3.83. The topological polar surface area (TPSA) is 40.5 Å². The van der Waals surface area contributed by atoms with Crippen LogP contribution in [0.1, 0.15) is 0 Å². The summed E-state index contributed by atoms with van der Waals surface area (Å²) in [7, 11) is 0. The minimum atomic E-state index is 0.0394. The van der Waals surface area contributed by atoms with Crippen molar-refractivity contribution in [2.45, 2.75) is 0 Å². The molecule has 0 aliphatic heterocycles. The molecule has 0 aliphatic rings. The largest absolute Gasteiger partial charge is 0.508 e. The number of hydrogen-bond donors (Lipinski definition) is 2. The van der Waals surface area contributed by atoms with E-state index in [1.165, 1.54) is 0 Å². The Labute approximate surface area is 92.4 Å². The third-order valence-corrected chi connectivity index (χ3v) is 2.45. The number of aromatic hydroxyl groups is 2. The maximum Gasteiger partial charge on any atom is 0.134 e. The number of benzene rings is 2. The summed E-state index contributed by atoms with van der Waals surface area (Å²) >= 11 is 5.70. The summed E-state index contributed by atoms with van der Waals surface area (Å²) in [5.41, 5.74) is 1.65. The third-order valence-electron chi connectivity index (χ3n) is 2.13. The van der Waals surface area contributed by atoms with Crippen LogP contribution in [-0.4, -0.2) is 10.2 Å². The van der Waals surface area contributed by atoms with Gasteiger partial charge >= 0.3 is 0 Å². The molecule has 0 fully saturated rings. The van der Waals surface area contributed by atoms with E-state index in [9.17, 15) is 10.2 Å². The Morgan fingerprint density at radius 1 is 0.867 bits per heavy atom. The molecule has 2 aromatic carbocycles. The van der Waals surface area contributed by atoms with Gasteiger partial charge in [0, 0.05) is 0 Å². The summed E-state index contributed by atoms with van der Waals surface area (Å²) in [6.45, 7) is 0. The van der Waals surface area contributed by atoms with Crippen molar-refractivity contribution in [3.05, 3.63) is 47.5 Å². The summed E-state index contributed by atoms with van der Waals surface area (Å²) in [6.07, 6.45) is 0. The first-order valence-electron chi connectivity index (χ1n) is 4.45. The molecule has 0 aromatic heterocycles. The molecule has 0 heterocycles. The van der Waals surface area contributed by atoms with Crippen LogP contribution in [0.15, 0.2) is 42.5 Å². The van der Waals surface area contributed by atoms with Crippen LogP contribution in [0.5, 0.6) is 11.5 Å². The SMILES string of the molecule is Oc1cccc(-c2ccc(Cl)c(O)c2)c1. The summed E-state index contributed by atoms with van der Waals surface area (Å²) in [6, 6.07) is 11.8. The lowest BCUT2D eigenvalue weighted by Crippen LogP contribution is -1.77. The van der Waals surface area contributed by atoms with Crippen LogP contribution in [0.4, 0.5) is 0 Å². The average molecular weight is 221 g/mol. The van der Waals surface area contributed by atoms with E-state index < -0.39 is 0 Å². The highest BCUT2D eigenvalue weighted by Gasteiger charge is 2.02. The van der Waals surface area contributed by atoms with Crippen LogP contribution >= 0.6 is 11.6 Å². The first-order valence-corrected chi connectivity index (χ1v) is 4.82. The predicted molar refractivity (Wildman–Crippen MR) is 60.2 cm³/mol. The van der Waals surface area contributed by atoms with E-state index in [1.807, 2.05) is 6.07 Å². The Morgan fingerprint density at radius 3 is 2.27 bits per heavy atom. The third kappa shape index (κ3) is 2.05. The summed E-state index contributed by atoms with van der Waals surface area (Å²) in [5, 5.41) is 19.1. The summed E-state index contributed by atoms with van der Waals surface area (Å²) < 4.78 is 0. The fraction of sp³-hybridized carbons (Fsp3) is 0. The smallest absolute Gasteiger partial charge is 0.134 e. The van der Waals surface area contributed by atoms with E-state index >= 15 is 0 Å². The lowest BCUT2D eigenvalue weighted by molar-refractivity contribution is 0.474. The molecule has 0 spiro atoms. The fourth-order valence-electron chi connectivity index (χ4n) is 1.38. The van der Waals surface area contributed by atoms with E-state index in [0.29, 0.717) is 5.02 Å². The predicted octanol–water partition coefficient (Wildman–Crippen LogP) is 3.42. The van der Waals surface area contributed by atoms with E-state index in [1.54, 1.807) is 36.4 Å². The van der Waals surface area contributed by atoms with Gasteiger partial charge in [-0.05, 0) is 35.4 Å². The van der Waals surface area contributed by atoms with Gasteiger partial charge in [0.15, 0.2) is 0 Å². The molecule has 0 aliphatic carbocycles. The molecule has 0 atom stereocenters. The summed E-state index contributed by atoms with van der Waals surface area (Å²) in [5.74, 6) is 0.236. The number of phenolic OH excluding ortho intramolecular Hbond substituents is 2. The highest BCUT2D eigenvalue weighted by Crippen LogP contribution is 2.30. The minimum Gasteiger partial charge on any atom is -0.508 e. The maximum absolute atomic E-state index is 9.44. The first-order chi connectivity index (χ1) is 7.16. The Balaban J connectivity index is 2.50. The van der Waals surface area contributed by atoms with Gasteiger partial charge in [-0.15, -0.1) is 0 Å². The van der Waals surface area contributed by atoms with Crippen molar-refractivity contribution in [2.75, 3.05) is 0 Å². The highest BCUT2D eigenvalue weighted by molar-refractivity contribution is 6.32. The number of halogens is 1. The van der Waals surface area contributed by atoms with Crippen LogP contribution < -0.4 is 0 Å². The van der Waals surface area contributed by atoms with Gasteiger partial charge in [0.1, 0.15) is 11.5 Å². The van der Waals surface area contributed by atoms with Gasteiger partial charge < -0.3 is 10.2 Å². The number of phenols is 2. The van der Waals surface area contributed by atoms with Gasteiger partial charge in [0.2, 0.25) is 0 Å². The number of rotatable bonds is 1. The van der Waals surface area contributed by atoms with Crippen LogP contribution in [0.2, 0.25) is 5.02 Å². The Kier molecular flexibility index (Phi) is 2.52. The molecule has 3 heteroatoms. The van der Waals surface area contributed by atoms with Crippen molar-refractivity contribution in [3.63, 3.8) is 0 Å². The van der Waals surface area contributed by atoms with Gasteiger partial charge in [0.25, 0.3) is 0 Å². The average Bonchev–Trinajstić information content (AvgIpc) is 2.22. The zero-order valence-corrected chi connectivity index (χ0v) is 8.57. The van der Waals surface area contributed by atoms with Crippen LogP contribution in [0, 0.1) is 0 Å². The highest BCUT2D eigenvalue weighted by atomic mass is 35.5. The normalized spacial score (nSPS) is 10.2. The maximum atomic E-state index is 9.44. The second-order valence-corrected chi connectivity index (χ2v) is 3.62. The molecule has 0 radical (unpaired) electrons. The Morgan fingerprint density at radius 2 is 1.60 bits per heavy atom. The van der Waals surface area contributed by atoms with Crippen LogP contribution in [-0.2, 0) is 0 Å². The van der Waals surface area contributed by atoms with E-state index in [-0.39, 0.29) is 11.5 Å². The van der Waals surface area contributed by atoms with Crippen LogP contribution in [0.25, 0.3) is 11.1 Å². The van der Waals surface area contributed by atoms with E-state index in [2.05, 4.69) is 0 Å². The molecule has 0 bridgehead atoms. The molecule has 0 amide bonds. The Bertz CT molecular complexity index is 495. The molecule has 0 saturated carbocycles. The fourth-order valence-corrected chi connectivity index (χ4v) is 1.50. The molecular formula is C12H9ClO2. The molecule has 2 N–H and O–H groups in total. The van der Waals surface area contributed by atoms with Crippen molar-refractivity contribution in [1.29, 1.82) is 0 Å². The summed E-state index contributed by atoms with van der Waals surface area (Å²) in [4.78, 5) is 0. The minimum absolute atomic E-state index is 0.0394. The quantitative estimate of drug-likeness (QED) is 0.773. The molecule has 2 nitrogen and oxygen atoms in total. The zero-order valence-electron chi connectivity index (χ0n) is 7.81.